The predicted molar refractivity (Wildman–Crippen MR) is 129 cm³/mol. The third kappa shape index (κ3) is 5.18. The van der Waals surface area contributed by atoms with E-state index in [1.54, 1.807) is 29.1 Å². The number of amides is 1. The SMILES string of the molecule is CC(C)(C)n1nc(-c2ccc(N)c(OCc3ccc(F)cn3)c2)c(C(N)=O)c1Nc1cnccn1. The highest BCUT2D eigenvalue weighted by Gasteiger charge is 2.29. The highest BCUT2D eigenvalue weighted by Crippen LogP contribution is 2.36. The first-order valence-corrected chi connectivity index (χ1v) is 10.7. The molecule has 1 amide bonds. The van der Waals surface area contributed by atoms with Gasteiger partial charge in [-0.1, -0.05) is 6.07 Å². The van der Waals surface area contributed by atoms with Crippen LogP contribution in [-0.4, -0.2) is 30.6 Å². The third-order valence-corrected chi connectivity index (χ3v) is 5.03. The van der Waals surface area contributed by atoms with Gasteiger partial charge in [0.15, 0.2) is 0 Å². The Morgan fingerprint density at radius 1 is 1.14 bits per heavy atom. The normalized spacial score (nSPS) is 11.3. The second-order valence-electron chi connectivity index (χ2n) is 8.74. The molecule has 0 saturated heterocycles. The number of nitrogens with two attached hydrogens (primary N) is 2. The number of nitrogens with zero attached hydrogens (tertiary/aromatic N) is 5. The molecule has 0 spiro atoms. The number of nitrogens with one attached hydrogen (secondary N) is 1. The summed E-state index contributed by atoms with van der Waals surface area (Å²) in [4.78, 5) is 24.9. The van der Waals surface area contributed by atoms with Gasteiger partial charge < -0.3 is 21.5 Å². The molecule has 0 aliphatic carbocycles. The molecule has 0 fully saturated rings. The molecular weight excluding hydrogens is 451 g/mol. The van der Waals surface area contributed by atoms with Crippen LogP contribution in [0.1, 0.15) is 36.8 Å². The van der Waals surface area contributed by atoms with Crippen LogP contribution < -0.4 is 21.5 Å². The van der Waals surface area contributed by atoms with E-state index in [0.717, 1.165) is 6.20 Å². The summed E-state index contributed by atoms with van der Waals surface area (Å²) < 4.78 is 20.6. The predicted octanol–water partition coefficient (Wildman–Crippen LogP) is 3.63. The van der Waals surface area contributed by atoms with Gasteiger partial charge >= 0.3 is 0 Å². The standard InChI is InChI=1S/C24H25FN8O2/c1-24(2,3)33-23(31-19-12-28-8-9-29-19)20(22(27)34)21(32-33)14-4-7-17(26)18(10-14)35-13-16-6-5-15(25)11-30-16/h4-12H,13,26H2,1-3H3,(H2,27,34)(H,29,31). The lowest BCUT2D eigenvalue weighted by molar-refractivity contribution is 0.100. The maximum atomic E-state index is 13.1. The molecule has 180 valence electrons. The number of hydrogen-bond acceptors (Lipinski definition) is 8. The van der Waals surface area contributed by atoms with Gasteiger partial charge in [0.05, 0.1) is 29.3 Å². The largest absolute Gasteiger partial charge is 0.485 e. The van der Waals surface area contributed by atoms with Crippen molar-refractivity contribution in [2.24, 2.45) is 5.73 Å². The molecule has 4 rings (SSSR count). The summed E-state index contributed by atoms with van der Waals surface area (Å²) in [6.45, 7) is 5.92. The summed E-state index contributed by atoms with van der Waals surface area (Å²) in [5.74, 6) is 0.0689. The molecule has 3 aromatic heterocycles. The number of aromatic nitrogens is 5. The van der Waals surface area contributed by atoms with E-state index in [1.807, 2.05) is 20.8 Å². The van der Waals surface area contributed by atoms with Crippen molar-refractivity contribution in [2.45, 2.75) is 32.9 Å². The average Bonchev–Trinajstić information content (AvgIpc) is 3.20. The molecule has 10 nitrogen and oxygen atoms in total. The van der Waals surface area contributed by atoms with Crippen molar-refractivity contribution in [3.8, 4) is 17.0 Å². The molecule has 0 unspecified atom stereocenters. The molecule has 11 heteroatoms. The molecule has 0 aliphatic rings. The van der Waals surface area contributed by atoms with Gasteiger partial charge in [-0.3, -0.25) is 14.8 Å². The summed E-state index contributed by atoms with van der Waals surface area (Å²) in [6, 6.07) is 7.88. The number of benzene rings is 1. The van der Waals surface area contributed by atoms with Gasteiger partial charge in [0.1, 0.15) is 41.1 Å². The van der Waals surface area contributed by atoms with E-state index in [0.29, 0.717) is 40.0 Å². The molecule has 0 radical (unpaired) electrons. The first-order chi connectivity index (χ1) is 16.6. The molecule has 4 aromatic rings. The Morgan fingerprint density at radius 2 is 1.94 bits per heavy atom. The van der Waals surface area contributed by atoms with E-state index in [2.05, 4.69) is 20.3 Å². The van der Waals surface area contributed by atoms with Gasteiger partial charge in [0.2, 0.25) is 0 Å². The zero-order valence-electron chi connectivity index (χ0n) is 19.5. The summed E-state index contributed by atoms with van der Waals surface area (Å²) in [5, 5.41) is 7.85. The fraction of sp³-hybridized carbons (Fsp3) is 0.208. The van der Waals surface area contributed by atoms with Crippen LogP contribution in [0.4, 0.5) is 21.7 Å². The highest BCUT2D eigenvalue weighted by molar-refractivity contribution is 6.04. The van der Waals surface area contributed by atoms with Crippen molar-refractivity contribution in [1.29, 1.82) is 0 Å². The van der Waals surface area contributed by atoms with E-state index in [1.165, 1.54) is 24.5 Å². The first kappa shape index (κ1) is 23.6. The smallest absolute Gasteiger partial charge is 0.254 e. The fourth-order valence-electron chi connectivity index (χ4n) is 3.39. The summed E-state index contributed by atoms with van der Waals surface area (Å²) in [7, 11) is 0. The van der Waals surface area contributed by atoms with Crippen LogP contribution in [0.25, 0.3) is 11.3 Å². The number of nitrogen functional groups attached to an aromatic ring is 1. The average molecular weight is 477 g/mol. The minimum absolute atomic E-state index is 0.0759. The van der Waals surface area contributed by atoms with Crippen molar-refractivity contribution in [3.05, 3.63) is 72.2 Å². The lowest BCUT2D eigenvalue weighted by Crippen LogP contribution is -2.25. The van der Waals surface area contributed by atoms with Gasteiger partial charge in [-0.2, -0.15) is 5.10 Å². The van der Waals surface area contributed by atoms with Gasteiger partial charge in [-0.15, -0.1) is 0 Å². The Balaban J connectivity index is 1.76. The number of carbonyl (C=O) groups excluding carboxylic acids is 1. The van der Waals surface area contributed by atoms with Crippen LogP contribution in [0, 0.1) is 5.82 Å². The topological polar surface area (TPSA) is 147 Å². The van der Waals surface area contributed by atoms with E-state index in [4.69, 9.17) is 21.3 Å². The summed E-state index contributed by atoms with van der Waals surface area (Å²) in [5.41, 5.74) is 13.4. The van der Waals surface area contributed by atoms with Crippen molar-refractivity contribution >= 4 is 23.2 Å². The Morgan fingerprint density at radius 3 is 2.57 bits per heavy atom. The molecule has 3 heterocycles. The van der Waals surface area contributed by atoms with E-state index in [-0.39, 0.29) is 12.2 Å². The number of halogens is 1. The molecule has 0 atom stereocenters. The quantitative estimate of drug-likeness (QED) is 0.343. The Hall–Kier alpha value is -4.54. The number of carbonyl (C=O) groups is 1. The lowest BCUT2D eigenvalue weighted by Gasteiger charge is -2.22. The maximum Gasteiger partial charge on any atom is 0.254 e. The fourth-order valence-corrected chi connectivity index (χ4v) is 3.39. The van der Waals surface area contributed by atoms with Gasteiger partial charge in [0.25, 0.3) is 5.91 Å². The van der Waals surface area contributed by atoms with Crippen molar-refractivity contribution in [3.63, 3.8) is 0 Å². The Bertz CT molecular complexity index is 1350. The number of primary amides is 1. The Kier molecular flexibility index (Phi) is 6.32. The minimum atomic E-state index is -0.670. The second-order valence-corrected chi connectivity index (χ2v) is 8.74. The molecule has 0 bridgehead atoms. The molecule has 0 aliphatic heterocycles. The van der Waals surface area contributed by atoms with Crippen molar-refractivity contribution < 1.29 is 13.9 Å². The lowest BCUT2D eigenvalue weighted by atomic mass is 10.1. The molecule has 5 N–H and O–H groups in total. The van der Waals surface area contributed by atoms with Crippen molar-refractivity contribution in [2.75, 3.05) is 11.1 Å². The van der Waals surface area contributed by atoms with Gasteiger partial charge in [-0.05, 0) is 45.0 Å². The van der Waals surface area contributed by atoms with Gasteiger partial charge in [-0.25, -0.2) is 14.1 Å². The van der Waals surface area contributed by atoms with Gasteiger partial charge in [0, 0.05) is 18.0 Å². The van der Waals surface area contributed by atoms with E-state index in [9.17, 15) is 9.18 Å². The molecule has 0 saturated carbocycles. The van der Waals surface area contributed by atoms with Crippen LogP contribution in [0.3, 0.4) is 0 Å². The zero-order valence-corrected chi connectivity index (χ0v) is 19.5. The molecular formula is C24H25FN8O2. The van der Waals surface area contributed by atoms with Crippen molar-refractivity contribution in [1.82, 2.24) is 24.7 Å². The van der Waals surface area contributed by atoms with Crippen LogP contribution >= 0.6 is 0 Å². The minimum Gasteiger partial charge on any atom is -0.485 e. The van der Waals surface area contributed by atoms with Crippen LogP contribution in [0.15, 0.2) is 55.1 Å². The van der Waals surface area contributed by atoms with Crippen LogP contribution in [0.2, 0.25) is 0 Å². The number of hydrogen-bond donors (Lipinski definition) is 3. The van der Waals surface area contributed by atoms with Crippen LogP contribution in [0.5, 0.6) is 5.75 Å². The number of anilines is 3. The highest BCUT2D eigenvalue weighted by atomic mass is 19.1. The number of rotatable bonds is 7. The monoisotopic (exact) mass is 476 g/mol. The number of pyridine rings is 1. The molecule has 1 aromatic carbocycles. The van der Waals surface area contributed by atoms with Crippen LogP contribution in [-0.2, 0) is 12.1 Å². The second kappa shape index (κ2) is 9.37. The summed E-state index contributed by atoms with van der Waals surface area (Å²) >= 11 is 0. The van der Waals surface area contributed by atoms with E-state index >= 15 is 0 Å². The third-order valence-electron chi connectivity index (χ3n) is 5.03. The molecule has 35 heavy (non-hydrogen) atoms. The van der Waals surface area contributed by atoms with E-state index < -0.39 is 17.3 Å². The Labute approximate surface area is 201 Å². The zero-order chi connectivity index (χ0) is 25.2. The first-order valence-electron chi connectivity index (χ1n) is 10.7. The number of ether oxygens (including phenoxy) is 1. The maximum absolute atomic E-state index is 13.1. The summed E-state index contributed by atoms with van der Waals surface area (Å²) in [6.07, 6.45) is 5.72.